The molecule has 0 aliphatic rings. The summed E-state index contributed by atoms with van der Waals surface area (Å²) in [4.78, 5) is 14.8. The van der Waals surface area contributed by atoms with Crippen molar-refractivity contribution in [1.29, 1.82) is 0 Å². The van der Waals surface area contributed by atoms with Gasteiger partial charge in [-0.2, -0.15) is 5.10 Å². The number of hydrogen-bond acceptors (Lipinski definition) is 6. The maximum atomic E-state index is 10.7. The standard InChI is InChI=1S/C10H13N5O2S/c1-15-3-2-6(14-15)4-12-10-13-7(5-18-10)8(11)9(16)17/h2-3,5,8H,4,11H2,1H3,(H,12,13)(H,16,17). The van der Waals surface area contributed by atoms with Gasteiger partial charge in [0.1, 0.15) is 6.04 Å². The monoisotopic (exact) mass is 267 g/mol. The van der Waals surface area contributed by atoms with Gasteiger partial charge in [-0.05, 0) is 6.07 Å². The van der Waals surface area contributed by atoms with Crippen molar-refractivity contribution in [2.45, 2.75) is 12.6 Å². The van der Waals surface area contributed by atoms with Gasteiger partial charge in [0, 0.05) is 18.6 Å². The average molecular weight is 267 g/mol. The van der Waals surface area contributed by atoms with Gasteiger partial charge in [-0.3, -0.25) is 9.48 Å². The molecule has 0 spiro atoms. The molecule has 1 atom stereocenters. The van der Waals surface area contributed by atoms with E-state index in [-0.39, 0.29) is 0 Å². The highest BCUT2D eigenvalue weighted by molar-refractivity contribution is 7.13. The predicted molar refractivity (Wildman–Crippen MR) is 67.2 cm³/mol. The van der Waals surface area contributed by atoms with Crippen LogP contribution in [0.3, 0.4) is 0 Å². The van der Waals surface area contributed by atoms with Gasteiger partial charge in [-0.25, -0.2) is 4.98 Å². The van der Waals surface area contributed by atoms with Crippen molar-refractivity contribution in [2.24, 2.45) is 12.8 Å². The highest BCUT2D eigenvalue weighted by Gasteiger charge is 2.17. The molecule has 96 valence electrons. The minimum atomic E-state index is -1.09. The summed E-state index contributed by atoms with van der Waals surface area (Å²) in [6.07, 6.45) is 1.85. The molecule has 18 heavy (non-hydrogen) atoms. The van der Waals surface area contributed by atoms with E-state index in [1.54, 1.807) is 10.1 Å². The Labute approximate surface area is 107 Å². The number of aryl methyl sites for hydroxylation is 1. The van der Waals surface area contributed by atoms with Crippen LogP contribution in [0.5, 0.6) is 0 Å². The maximum Gasteiger partial charge on any atom is 0.326 e. The van der Waals surface area contributed by atoms with E-state index in [9.17, 15) is 4.79 Å². The molecule has 0 saturated heterocycles. The van der Waals surface area contributed by atoms with Gasteiger partial charge >= 0.3 is 5.97 Å². The van der Waals surface area contributed by atoms with Crippen LogP contribution in [-0.4, -0.2) is 25.8 Å². The van der Waals surface area contributed by atoms with Gasteiger partial charge < -0.3 is 16.2 Å². The molecule has 0 aliphatic heterocycles. The van der Waals surface area contributed by atoms with Crippen molar-refractivity contribution in [3.8, 4) is 0 Å². The van der Waals surface area contributed by atoms with Crippen LogP contribution >= 0.6 is 11.3 Å². The van der Waals surface area contributed by atoms with Crippen molar-refractivity contribution < 1.29 is 9.90 Å². The smallest absolute Gasteiger partial charge is 0.326 e. The fourth-order valence-electron chi connectivity index (χ4n) is 1.36. The molecule has 2 rings (SSSR count). The van der Waals surface area contributed by atoms with Crippen LogP contribution in [0.4, 0.5) is 5.13 Å². The van der Waals surface area contributed by atoms with Crippen molar-refractivity contribution in [3.05, 3.63) is 29.0 Å². The molecule has 0 aliphatic carbocycles. The lowest BCUT2D eigenvalue weighted by molar-refractivity contribution is -0.138. The number of aliphatic carboxylic acids is 1. The molecule has 0 amide bonds. The predicted octanol–water partition coefficient (Wildman–Crippen LogP) is 0.573. The van der Waals surface area contributed by atoms with E-state index in [1.807, 2.05) is 19.3 Å². The first-order valence-corrected chi connectivity index (χ1v) is 6.10. The number of nitrogens with one attached hydrogen (secondary N) is 1. The van der Waals surface area contributed by atoms with Gasteiger partial charge in [0.25, 0.3) is 0 Å². The summed E-state index contributed by atoms with van der Waals surface area (Å²) in [6, 6.07) is 0.816. The first kappa shape index (κ1) is 12.5. The lowest BCUT2D eigenvalue weighted by Gasteiger charge is -2.01. The Morgan fingerprint density at radius 2 is 2.50 bits per heavy atom. The van der Waals surface area contributed by atoms with Crippen LogP contribution in [0, 0.1) is 0 Å². The zero-order chi connectivity index (χ0) is 13.1. The second kappa shape index (κ2) is 5.15. The summed E-state index contributed by atoms with van der Waals surface area (Å²) in [5.41, 5.74) is 6.71. The van der Waals surface area contributed by atoms with Crippen molar-refractivity contribution >= 4 is 22.4 Å². The highest BCUT2D eigenvalue weighted by atomic mass is 32.1. The van der Waals surface area contributed by atoms with E-state index in [2.05, 4.69) is 15.4 Å². The van der Waals surface area contributed by atoms with E-state index in [0.717, 1.165) is 5.69 Å². The molecular weight excluding hydrogens is 254 g/mol. The molecule has 1 unspecified atom stereocenters. The molecule has 2 aromatic rings. The number of anilines is 1. The third-order valence-electron chi connectivity index (χ3n) is 2.30. The van der Waals surface area contributed by atoms with Crippen LogP contribution in [-0.2, 0) is 18.4 Å². The SMILES string of the molecule is Cn1ccc(CNc2nc(C(N)C(=O)O)cs2)n1. The lowest BCUT2D eigenvalue weighted by atomic mass is 10.2. The highest BCUT2D eigenvalue weighted by Crippen LogP contribution is 2.20. The minimum Gasteiger partial charge on any atom is -0.480 e. The van der Waals surface area contributed by atoms with E-state index < -0.39 is 12.0 Å². The van der Waals surface area contributed by atoms with Crippen LogP contribution in [0.1, 0.15) is 17.4 Å². The Hall–Kier alpha value is -1.93. The van der Waals surface area contributed by atoms with Crippen LogP contribution in [0.2, 0.25) is 0 Å². The second-order valence-electron chi connectivity index (χ2n) is 3.73. The van der Waals surface area contributed by atoms with E-state index in [0.29, 0.717) is 17.4 Å². The molecule has 0 aromatic carbocycles. The molecule has 7 nitrogen and oxygen atoms in total. The molecule has 0 saturated carbocycles. The largest absolute Gasteiger partial charge is 0.480 e. The first-order chi connectivity index (χ1) is 8.56. The molecule has 0 radical (unpaired) electrons. The molecule has 2 heterocycles. The number of thiazole rings is 1. The normalized spacial score (nSPS) is 12.3. The summed E-state index contributed by atoms with van der Waals surface area (Å²) in [5.74, 6) is -1.09. The second-order valence-corrected chi connectivity index (χ2v) is 4.59. The van der Waals surface area contributed by atoms with Gasteiger partial charge in [0.2, 0.25) is 0 Å². The third-order valence-corrected chi connectivity index (χ3v) is 3.11. The van der Waals surface area contributed by atoms with Crippen LogP contribution < -0.4 is 11.1 Å². The molecule has 8 heteroatoms. The number of carboxylic acid groups (broad SMARTS) is 1. The van der Waals surface area contributed by atoms with E-state index in [4.69, 9.17) is 10.8 Å². The topological polar surface area (TPSA) is 106 Å². The summed E-state index contributed by atoms with van der Waals surface area (Å²) in [6.45, 7) is 0.538. The zero-order valence-electron chi connectivity index (χ0n) is 9.70. The van der Waals surface area contributed by atoms with Gasteiger partial charge in [-0.15, -0.1) is 11.3 Å². The summed E-state index contributed by atoms with van der Waals surface area (Å²) in [5, 5.41) is 18.3. The Morgan fingerprint density at radius 1 is 1.72 bits per heavy atom. The number of carboxylic acids is 1. The number of carbonyl (C=O) groups is 1. The Kier molecular flexibility index (Phi) is 3.58. The number of aromatic nitrogens is 3. The average Bonchev–Trinajstić information content (AvgIpc) is 2.94. The summed E-state index contributed by atoms with van der Waals surface area (Å²) in [7, 11) is 1.84. The van der Waals surface area contributed by atoms with Gasteiger partial charge in [-0.1, -0.05) is 0 Å². The number of rotatable bonds is 5. The van der Waals surface area contributed by atoms with Gasteiger partial charge in [0.15, 0.2) is 5.13 Å². The molecule has 2 aromatic heterocycles. The number of hydrogen-bond donors (Lipinski definition) is 3. The zero-order valence-corrected chi connectivity index (χ0v) is 10.5. The Morgan fingerprint density at radius 3 is 3.11 bits per heavy atom. The first-order valence-electron chi connectivity index (χ1n) is 5.22. The van der Waals surface area contributed by atoms with Gasteiger partial charge in [0.05, 0.1) is 17.9 Å². The molecule has 0 fully saturated rings. The summed E-state index contributed by atoms with van der Waals surface area (Å²) >= 11 is 1.32. The lowest BCUT2D eigenvalue weighted by Crippen LogP contribution is -2.20. The number of nitrogens with two attached hydrogens (primary N) is 1. The number of nitrogens with zero attached hydrogens (tertiary/aromatic N) is 3. The fraction of sp³-hybridized carbons (Fsp3) is 0.300. The van der Waals surface area contributed by atoms with E-state index >= 15 is 0 Å². The molecule has 4 N–H and O–H groups in total. The third kappa shape index (κ3) is 2.84. The quantitative estimate of drug-likeness (QED) is 0.731. The van der Waals surface area contributed by atoms with Crippen LogP contribution in [0.25, 0.3) is 0 Å². The van der Waals surface area contributed by atoms with E-state index in [1.165, 1.54) is 11.3 Å². The van der Waals surface area contributed by atoms with Crippen molar-refractivity contribution in [2.75, 3.05) is 5.32 Å². The van der Waals surface area contributed by atoms with Crippen LogP contribution in [0.15, 0.2) is 17.6 Å². The maximum absolute atomic E-state index is 10.7. The molecular formula is C10H13N5O2S. The minimum absolute atomic E-state index is 0.357. The summed E-state index contributed by atoms with van der Waals surface area (Å²) < 4.78 is 1.71. The Bertz CT molecular complexity index is 550. The Balaban J connectivity index is 1.96. The van der Waals surface area contributed by atoms with Crippen molar-refractivity contribution in [3.63, 3.8) is 0 Å². The fourth-order valence-corrected chi connectivity index (χ4v) is 2.11. The van der Waals surface area contributed by atoms with Crippen molar-refractivity contribution in [1.82, 2.24) is 14.8 Å². The molecule has 0 bridgehead atoms.